The molecule has 0 aromatic heterocycles. The van der Waals surface area contributed by atoms with Gasteiger partial charge in [-0.2, -0.15) is 0 Å². The van der Waals surface area contributed by atoms with Crippen molar-refractivity contribution in [2.24, 2.45) is 5.73 Å². The van der Waals surface area contributed by atoms with E-state index in [2.05, 4.69) is 11.8 Å². The van der Waals surface area contributed by atoms with Gasteiger partial charge in [0.25, 0.3) is 0 Å². The number of hydrogen-bond acceptors (Lipinski definition) is 3. The summed E-state index contributed by atoms with van der Waals surface area (Å²) in [5.41, 5.74) is 7.73. The minimum atomic E-state index is -0.546. The van der Waals surface area contributed by atoms with E-state index in [1.807, 2.05) is 11.8 Å². The third-order valence-electron chi connectivity index (χ3n) is 3.84. The van der Waals surface area contributed by atoms with Gasteiger partial charge in [-0.05, 0) is 31.1 Å². The molecule has 1 saturated heterocycles. The van der Waals surface area contributed by atoms with Crippen molar-refractivity contribution >= 4 is 5.69 Å². The number of allylic oxidation sites excluding steroid dienone is 1. The molecule has 0 unspecified atom stereocenters. The lowest BCUT2D eigenvalue weighted by Crippen LogP contribution is -2.47. The van der Waals surface area contributed by atoms with Crippen LogP contribution in [-0.2, 0) is 0 Å². The summed E-state index contributed by atoms with van der Waals surface area (Å²) in [5.74, 6) is -0.228. The molecule has 0 amide bonds. The van der Waals surface area contributed by atoms with Crippen LogP contribution in [0.15, 0.2) is 29.6 Å². The van der Waals surface area contributed by atoms with Crippen LogP contribution in [0.4, 0.5) is 14.5 Å². The van der Waals surface area contributed by atoms with Crippen molar-refractivity contribution in [3.05, 3.63) is 41.2 Å². The number of halogens is 2. The predicted molar refractivity (Wildman–Crippen MR) is 77.3 cm³/mol. The number of nitrogens with two attached hydrogens (primary N) is 1. The molecular weight excluding hydrogens is 260 g/mol. The summed E-state index contributed by atoms with van der Waals surface area (Å²) in [7, 11) is 0. The summed E-state index contributed by atoms with van der Waals surface area (Å²) in [6.45, 7) is 6.97. The summed E-state index contributed by atoms with van der Waals surface area (Å²) in [6.07, 6.45) is 0.929. The Morgan fingerprint density at radius 3 is 2.40 bits per heavy atom. The minimum Gasteiger partial charge on any atom is -0.385 e. The summed E-state index contributed by atoms with van der Waals surface area (Å²) in [4.78, 5) is 4.05. The number of anilines is 1. The number of piperazine rings is 1. The summed E-state index contributed by atoms with van der Waals surface area (Å²) >= 11 is 0. The Bertz CT molecular complexity index is 506. The van der Waals surface area contributed by atoms with E-state index in [0.29, 0.717) is 18.8 Å². The maximum atomic E-state index is 13.7. The van der Waals surface area contributed by atoms with Gasteiger partial charge in [-0.3, -0.25) is 0 Å². The highest BCUT2D eigenvalue weighted by Gasteiger charge is 2.20. The number of hydrogen-bond donors (Lipinski definition) is 1. The normalized spacial score (nSPS) is 17.2. The highest BCUT2D eigenvalue weighted by molar-refractivity contribution is 5.48. The van der Waals surface area contributed by atoms with Crippen LogP contribution >= 0.6 is 0 Å². The topological polar surface area (TPSA) is 32.5 Å². The van der Waals surface area contributed by atoms with Gasteiger partial charge in [-0.1, -0.05) is 6.92 Å². The lowest BCUT2D eigenvalue weighted by Gasteiger charge is -2.38. The van der Waals surface area contributed by atoms with E-state index in [1.54, 1.807) is 0 Å². The van der Waals surface area contributed by atoms with Crippen LogP contribution in [0.2, 0.25) is 0 Å². The lowest BCUT2D eigenvalue weighted by molar-refractivity contribution is 0.313. The molecule has 5 heteroatoms. The Labute approximate surface area is 118 Å². The summed E-state index contributed by atoms with van der Waals surface area (Å²) < 4.78 is 26.7. The van der Waals surface area contributed by atoms with Gasteiger partial charge in [0.15, 0.2) is 0 Å². The highest BCUT2D eigenvalue weighted by Crippen LogP contribution is 2.22. The van der Waals surface area contributed by atoms with Gasteiger partial charge >= 0.3 is 0 Å². The van der Waals surface area contributed by atoms with Crippen LogP contribution in [-0.4, -0.2) is 31.1 Å². The van der Waals surface area contributed by atoms with Crippen molar-refractivity contribution in [1.29, 1.82) is 0 Å². The molecule has 1 aromatic carbocycles. The zero-order valence-electron chi connectivity index (χ0n) is 12.0. The lowest BCUT2D eigenvalue weighted by atomic mass is 10.2. The van der Waals surface area contributed by atoms with Gasteiger partial charge in [-0.15, -0.1) is 0 Å². The fraction of sp³-hybridized carbons (Fsp3) is 0.467. The average molecular weight is 281 g/mol. The molecule has 2 rings (SSSR count). The number of rotatable bonds is 3. The third-order valence-corrected chi connectivity index (χ3v) is 3.84. The number of nitrogens with zero attached hydrogens (tertiary/aromatic N) is 2. The second-order valence-corrected chi connectivity index (χ2v) is 5.09. The molecule has 1 aliphatic heterocycles. The van der Waals surface area contributed by atoms with Gasteiger partial charge in [-0.25, -0.2) is 8.78 Å². The van der Waals surface area contributed by atoms with E-state index in [-0.39, 0.29) is 0 Å². The van der Waals surface area contributed by atoms with Gasteiger partial charge in [0.05, 0.1) is 11.5 Å². The Morgan fingerprint density at radius 1 is 1.20 bits per heavy atom. The van der Waals surface area contributed by atoms with Gasteiger partial charge < -0.3 is 15.5 Å². The van der Waals surface area contributed by atoms with E-state index >= 15 is 0 Å². The fourth-order valence-corrected chi connectivity index (χ4v) is 2.38. The molecule has 3 nitrogen and oxygen atoms in total. The van der Waals surface area contributed by atoms with Crippen LogP contribution in [0.3, 0.4) is 0 Å². The first-order chi connectivity index (χ1) is 9.52. The van der Waals surface area contributed by atoms with Gasteiger partial charge in [0, 0.05) is 32.2 Å². The Morgan fingerprint density at radius 2 is 1.85 bits per heavy atom. The average Bonchev–Trinajstić information content (AvgIpc) is 2.46. The van der Waals surface area contributed by atoms with E-state index in [1.165, 1.54) is 17.7 Å². The van der Waals surface area contributed by atoms with Gasteiger partial charge in [0.2, 0.25) is 0 Å². The van der Waals surface area contributed by atoms with Crippen molar-refractivity contribution in [3.63, 3.8) is 0 Å². The van der Waals surface area contributed by atoms with Crippen molar-refractivity contribution < 1.29 is 8.78 Å². The third kappa shape index (κ3) is 3.03. The zero-order chi connectivity index (χ0) is 14.7. The largest absolute Gasteiger partial charge is 0.385 e. The predicted octanol–water partition coefficient (Wildman–Crippen LogP) is 2.69. The number of benzene rings is 1. The molecule has 20 heavy (non-hydrogen) atoms. The molecule has 0 saturated carbocycles. The first-order valence-corrected chi connectivity index (χ1v) is 6.93. The van der Waals surface area contributed by atoms with E-state index in [0.717, 1.165) is 31.4 Å². The molecule has 0 spiro atoms. The Kier molecular flexibility index (Phi) is 4.47. The molecule has 2 N–H and O–H groups in total. The molecule has 1 aliphatic rings. The Balaban J connectivity index is 2.04. The summed E-state index contributed by atoms with van der Waals surface area (Å²) in [5, 5.41) is 0. The van der Waals surface area contributed by atoms with Crippen molar-refractivity contribution in [2.75, 3.05) is 31.1 Å². The van der Waals surface area contributed by atoms with E-state index < -0.39 is 11.6 Å². The first-order valence-electron chi connectivity index (χ1n) is 6.93. The van der Waals surface area contributed by atoms with Crippen LogP contribution < -0.4 is 10.6 Å². The first kappa shape index (κ1) is 14.6. The molecule has 110 valence electrons. The smallest absolute Gasteiger partial charge is 0.149 e. The van der Waals surface area contributed by atoms with Gasteiger partial charge in [0.1, 0.15) is 11.6 Å². The molecule has 0 radical (unpaired) electrons. The standard InChI is InChI=1S/C15H21F2N3/c1-3-11(2)15(18)20-8-6-19(7-9-20)14-5-4-12(16)10-13(14)17/h4-5,10H,3,6-9,18H2,1-2H3/b15-11-. The van der Waals surface area contributed by atoms with Crippen LogP contribution in [0.1, 0.15) is 20.3 Å². The van der Waals surface area contributed by atoms with E-state index in [9.17, 15) is 8.78 Å². The molecule has 0 aliphatic carbocycles. The summed E-state index contributed by atoms with van der Waals surface area (Å²) in [6, 6.07) is 3.72. The minimum absolute atomic E-state index is 0.459. The Hall–Kier alpha value is -1.78. The van der Waals surface area contributed by atoms with Crippen molar-refractivity contribution in [1.82, 2.24) is 4.90 Å². The van der Waals surface area contributed by atoms with Crippen LogP contribution in [0.5, 0.6) is 0 Å². The zero-order valence-corrected chi connectivity index (χ0v) is 12.0. The van der Waals surface area contributed by atoms with E-state index in [4.69, 9.17) is 5.73 Å². The monoisotopic (exact) mass is 281 g/mol. The molecule has 1 aromatic rings. The van der Waals surface area contributed by atoms with Crippen molar-refractivity contribution in [3.8, 4) is 0 Å². The fourth-order valence-electron chi connectivity index (χ4n) is 2.38. The maximum absolute atomic E-state index is 13.7. The van der Waals surface area contributed by atoms with Crippen LogP contribution in [0.25, 0.3) is 0 Å². The maximum Gasteiger partial charge on any atom is 0.149 e. The second-order valence-electron chi connectivity index (χ2n) is 5.09. The molecule has 0 atom stereocenters. The van der Waals surface area contributed by atoms with Crippen LogP contribution in [0, 0.1) is 11.6 Å². The quantitative estimate of drug-likeness (QED) is 0.924. The van der Waals surface area contributed by atoms with Crippen molar-refractivity contribution in [2.45, 2.75) is 20.3 Å². The molecule has 1 heterocycles. The SMILES string of the molecule is CC/C(C)=C(/N)N1CCN(c2ccc(F)cc2F)CC1. The second kappa shape index (κ2) is 6.11. The molecule has 0 bridgehead atoms. The molecular formula is C15H21F2N3. The molecule has 1 fully saturated rings. The highest BCUT2D eigenvalue weighted by atomic mass is 19.1.